The van der Waals surface area contributed by atoms with Crippen LogP contribution in [0, 0.1) is 0 Å². The topological polar surface area (TPSA) is 54.9 Å². The van der Waals surface area contributed by atoms with Crippen molar-refractivity contribution in [2.24, 2.45) is 0 Å². The van der Waals surface area contributed by atoms with Gasteiger partial charge in [-0.2, -0.15) is 13.2 Å². The van der Waals surface area contributed by atoms with Crippen LogP contribution in [0.5, 0.6) is 0 Å². The maximum Gasteiger partial charge on any atom is 0.433 e. The van der Waals surface area contributed by atoms with Crippen LogP contribution in [0.4, 0.5) is 19.1 Å². The summed E-state index contributed by atoms with van der Waals surface area (Å²) in [6.07, 6.45) is -3.46. The Balaban J connectivity index is 1.82. The van der Waals surface area contributed by atoms with E-state index in [-0.39, 0.29) is 12.5 Å². The smallest absolute Gasteiger partial charge is 0.353 e. The fourth-order valence-electron chi connectivity index (χ4n) is 1.71. The van der Waals surface area contributed by atoms with E-state index >= 15 is 0 Å². The van der Waals surface area contributed by atoms with Gasteiger partial charge in [0.25, 0.3) is 0 Å². The van der Waals surface area contributed by atoms with Gasteiger partial charge in [-0.25, -0.2) is 9.97 Å². The minimum absolute atomic E-state index is 0.119. The Labute approximate surface area is 128 Å². The van der Waals surface area contributed by atoms with Crippen LogP contribution in [0.2, 0.25) is 0 Å². The average molecular weight is 329 g/mol. The zero-order valence-electron chi connectivity index (χ0n) is 11.5. The molecule has 2 aromatic rings. The third-order valence-corrected chi connectivity index (χ3v) is 4.04. The highest BCUT2D eigenvalue weighted by Crippen LogP contribution is 2.27. The van der Waals surface area contributed by atoms with E-state index in [1.165, 1.54) is 0 Å². The fourth-order valence-corrected chi connectivity index (χ4v) is 2.75. The molecule has 1 atom stereocenters. The van der Waals surface area contributed by atoms with Crippen molar-refractivity contribution in [3.8, 4) is 0 Å². The summed E-state index contributed by atoms with van der Waals surface area (Å²) in [5.41, 5.74) is -0.0495. The predicted molar refractivity (Wildman–Crippen MR) is 78.7 cm³/mol. The molecule has 0 spiro atoms. The first-order valence-corrected chi connectivity index (χ1v) is 7.97. The van der Waals surface area contributed by atoms with Crippen molar-refractivity contribution < 1.29 is 17.4 Å². The monoisotopic (exact) mass is 329 g/mol. The van der Waals surface area contributed by atoms with E-state index in [9.17, 15) is 17.4 Å². The van der Waals surface area contributed by atoms with Crippen LogP contribution in [0.25, 0.3) is 0 Å². The number of benzene rings is 1. The molecule has 1 aromatic carbocycles. The van der Waals surface area contributed by atoms with Gasteiger partial charge in [0.05, 0.1) is 0 Å². The van der Waals surface area contributed by atoms with Crippen LogP contribution in [-0.2, 0) is 22.7 Å². The maximum atomic E-state index is 12.5. The van der Waals surface area contributed by atoms with E-state index in [1.807, 2.05) is 30.3 Å². The summed E-state index contributed by atoms with van der Waals surface area (Å²) in [7, 11) is -1.11. The first-order chi connectivity index (χ1) is 10.4. The Morgan fingerprint density at radius 1 is 1.14 bits per heavy atom. The van der Waals surface area contributed by atoms with Crippen molar-refractivity contribution in [1.82, 2.24) is 9.97 Å². The molecule has 1 heterocycles. The number of hydrogen-bond donors (Lipinski definition) is 1. The zero-order valence-corrected chi connectivity index (χ0v) is 12.3. The molecule has 0 aliphatic carbocycles. The number of anilines is 1. The normalized spacial score (nSPS) is 12.9. The number of nitrogens with one attached hydrogen (secondary N) is 1. The van der Waals surface area contributed by atoms with Crippen LogP contribution in [0.1, 0.15) is 11.3 Å². The van der Waals surface area contributed by atoms with Crippen molar-refractivity contribution in [1.29, 1.82) is 0 Å². The Bertz CT molecular complexity index is 635. The van der Waals surface area contributed by atoms with Gasteiger partial charge in [-0.05, 0) is 11.6 Å². The average Bonchev–Trinajstić information content (AvgIpc) is 2.48. The second kappa shape index (κ2) is 7.35. The molecule has 0 aliphatic heterocycles. The van der Waals surface area contributed by atoms with Crippen molar-refractivity contribution in [2.75, 3.05) is 17.6 Å². The summed E-state index contributed by atoms with van der Waals surface area (Å²) in [4.78, 5) is 7.09. The lowest BCUT2D eigenvalue weighted by molar-refractivity contribution is -0.141. The molecule has 22 heavy (non-hydrogen) atoms. The SMILES string of the molecule is O=S(CCNc1nccc(C(F)(F)F)n1)Cc1ccccc1. The minimum Gasteiger partial charge on any atom is -0.353 e. The predicted octanol–water partition coefficient (Wildman–Crippen LogP) is 2.86. The zero-order chi connectivity index (χ0) is 16.0. The summed E-state index contributed by atoms with van der Waals surface area (Å²) < 4.78 is 49.4. The molecule has 1 N–H and O–H groups in total. The summed E-state index contributed by atoms with van der Waals surface area (Å²) in [6.45, 7) is 0.237. The van der Waals surface area contributed by atoms with E-state index in [4.69, 9.17) is 0 Å². The lowest BCUT2D eigenvalue weighted by atomic mass is 10.2. The van der Waals surface area contributed by atoms with Gasteiger partial charge >= 0.3 is 6.18 Å². The first-order valence-electron chi connectivity index (χ1n) is 6.48. The van der Waals surface area contributed by atoms with Crippen LogP contribution >= 0.6 is 0 Å². The highest BCUT2D eigenvalue weighted by molar-refractivity contribution is 7.84. The van der Waals surface area contributed by atoms with E-state index in [2.05, 4.69) is 15.3 Å². The highest BCUT2D eigenvalue weighted by atomic mass is 32.2. The molecule has 4 nitrogen and oxygen atoms in total. The summed E-state index contributed by atoms with van der Waals surface area (Å²) in [6, 6.07) is 10.2. The van der Waals surface area contributed by atoms with E-state index in [0.29, 0.717) is 11.5 Å². The molecule has 0 saturated heterocycles. The maximum absolute atomic E-state index is 12.5. The Kier molecular flexibility index (Phi) is 5.48. The van der Waals surface area contributed by atoms with Gasteiger partial charge in [0.15, 0.2) is 0 Å². The van der Waals surface area contributed by atoms with Crippen molar-refractivity contribution in [2.45, 2.75) is 11.9 Å². The number of nitrogens with zero attached hydrogens (tertiary/aromatic N) is 2. The number of aromatic nitrogens is 2. The highest BCUT2D eigenvalue weighted by Gasteiger charge is 2.32. The fraction of sp³-hybridized carbons (Fsp3) is 0.286. The molecule has 0 bridgehead atoms. The van der Waals surface area contributed by atoms with E-state index < -0.39 is 22.7 Å². The summed E-state index contributed by atoms with van der Waals surface area (Å²) in [5.74, 6) is 0.590. The Hall–Kier alpha value is -1.96. The molecular weight excluding hydrogens is 315 g/mol. The summed E-state index contributed by atoms with van der Waals surface area (Å²) >= 11 is 0. The molecule has 8 heteroatoms. The number of hydrogen-bond acceptors (Lipinski definition) is 4. The first kappa shape index (κ1) is 16.4. The second-order valence-corrected chi connectivity index (χ2v) is 6.04. The molecule has 0 aliphatic rings. The Morgan fingerprint density at radius 2 is 1.86 bits per heavy atom. The molecular formula is C14H14F3N3OS. The molecule has 118 valence electrons. The molecule has 0 saturated carbocycles. The molecule has 0 fully saturated rings. The second-order valence-electron chi connectivity index (χ2n) is 4.46. The van der Waals surface area contributed by atoms with Gasteiger partial charge in [0.1, 0.15) is 5.69 Å². The molecule has 1 aromatic heterocycles. The van der Waals surface area contributed by atoms with Crippen LogP contribution in [0.15, 0.2) is 42.6 Å². The van der Waals surface area contributed by atoms with Crippen LogP contribution in [-0.4, -0.2) is 26.5 Å². The molecule has 1 unspecified atom stereocenters. The Morgan fingerprint density at radius 3 is 2.55 bits per heavy atom. The number of rotatable bonds is 6. The lowest BCUT2D eigenvalue weighted by Crippen LogP contribution is -2.16. The quantitative estimate of drug-likeness (QED) is 0.885. The van der Waals surface area contributed by atoms with Crippen molar-refractivity contribution >= 4 is 16.7 Å². The largest absolute Gasteiger partial charge is 0.433 e. The molecule has 0 amide bonds. The third-order valence-electron chi connectivity index (χ3n) is 2.73. The van der Waals surface area contributed by atoms with Gasteiger partial charge < -0.3 is 5.32 Å². The van der Waals surface area contributed by atoms with Gasteiger partial charge in [0.2, 0.25) is 5.95 Å². The molecule has 2 rings (SSSR count). The van der Waals surface area contributed by atoms with Crippen LogP contribution < -0.4 is 5.32 Å². The van der Waals surface area contributed by atoms with E-state index in [1.54, 1.807) is 0 Å². The van der Waals surface area contributed by atoms with Crippen LogP contribution in [0.3, 0.4) is 0 Å². The van der Waals surface area contributed by atoms with Crippen molar-refractivity contribution in [3.63, 3.8) is 0 Å². The number of halogens is 3. The van der Waals surface area contributed by atoms with Gasteiger partial charge in [-0.1, -0.05) is 30.3 Å². The van der Waals surface area contributed by atoms with E-state index in [0.717, 1.165) is 17.8 Å². The standard InChI is InChI=1S/C14H14F3N3OS/c15-14(16,17)12-6-7-18-13(20-12)19-8-9-22(21)10-11-4-2-1-3-5-11/h1-7H,8-10H2,(H,18,19,20). The lowest BCUT2D eigenvalue weighted by Gasteiger charge is -2.08. The van der Waals surface area contributed by atoms with Crippen molar-refractivity contribution in [3.05, 3.63) is 53.9 Å². The molecule has 0 radical (unpaired) electrons. The minimum atomic E-state index is -4.50. The number of alkyl halides is 3. The van der Waals surface area contributed by atoms with Gasteiger partial charge in [0, 0.05) is 35.0 Å². The third kappa shape index (κ3) is 5.10. The summed E-state index contributed by atoms with van der Waals surface area (Å²) in [5, 5.41) is 2.66. The van der Waals surface area contributed by atoms with Gasteiger partial charge in [-0.15, -0.1) is 0 Å². The van der Waals surface area contributed by atoms with Gasteiger partial charge in [-0.3, -0.25) is 4.21 Å².